The van der Waals surface area contributed by atoms with E-state index in [1.807, 2.05) is 0 Å². The number of piperidine rings is 1. The zero-order valence-electron chi connectivity index (χ0n) is 10.6. The highest BCUT2D eigenvalue weighted by molar-refractivity contribution is 7.89. The largest absolute Gasteiger partial charge is 0.385 e. The van der Waals surface area contributed by atoms with Crippen molar-refractivity contribution in [3.05, 3.63) is 0 Å². The Bertz CT molecular complexity index is 304. The minimum Gasteiger partial charge on any atom is -0.385 e. The summed E-state index contributed by atoms with van der Waals surface area (Å²) < 4.78 is 30.6. The van der Waals surface area contributed by atoms with E-state index >= 15 is 0 Å². The minimum atomic E-state index is -3.09. The highest BCUT2D eigenvalue weighted by Crippen LogP contribution is 2.21. The Labute approximate surface area is 104 Å². The lowest BCUT2D eigenvalue weighted by Gasteiger charge is -2.31. The first-order valence-electron chi connectivity index (χ1n) is 6.27. The van der Waals surface area contributed by atoms with Crippen LogP contribution in [0.15, 0.2) is 0 Å². The van der Waals surface area contributed by atoms with Crippen LogP contribution in [0.4, 0.5) is 0 Å². The van der Waals surface area contributed by atoms with Gasteiger partial charge in [0.05, 0.1) is 5.75 Å². The summed E-state index contributed by atoms with van der Waals surface area (Å²) in [5, 5.41) is 0. The summed E-state index contributed by atoms with van der Waals surface area (Å²) in [4.78, 5) is 0. The second-order valence-corrected chi connectivity index (χ2v) is 6.69. The molecule has 0 aliphatic carbocycles. The van der Waals surface area contributed by atoms with E-state index in [4.69, 9.17) is 10.5 Å². The Balaban J connectivity index is 2.46. The van der Waals surface area contributed by atoms with Crippen LogP contribution in [0.25, 0.3) is 0 Å². The molecule has 1 aliphatic heterocycles. The van der Waals surface area contributed by atoms with Crippen LogP contribution in [0.3, 0.4) is 0 Å². The second-order valence-electron chi connectivity index (χ2n) is 4.61. The average molecular weight is 264 g/mol. The lowest BCUT2D eigenvalue weighted by Crippen LogP contribution is -2.41. The number of hydrogen-bond acceptors (Lipinski definition) is 4. The van der Waals surface area contributed by atoms with Crippen molar-refractivity contribution in [2.24, 2.45) is 11.7 Å². The van der Waals surface area contributed by atoms with Gasteiger partial charge < -0.3 is 10.5 Å². The third-order valence-electron chi connectivity index (χ3n) is 3.20. The third-order valence-corrected chi connectivity index (χ3v) is 5.12. The van der Waals surface area contributed by atoms with E-state index in [0.717, 1.165) is 19.3 Å². The number of hydrogen-bond donors (Lipinski definition) is 1. The third kappa shape index (κ3) is 4.91. The molecule has 0 radical (unpaired) electrons. The van der Waals surface area contributed by atoms with Gasteiger partial charge in [-0.2, -0.15) is 0 Å². The highest BCUT2D eigenvalue weighted by Gasteiger charge is 2.27. The molecule has 5 nitrogen and oxygen atoms in total. The quantitative estimate of drug-likeness (QED) is 0.676. The summed E-state index contributed by atoms with van der Waals surface area (Å²) in [6, 6.07) is 0. The maximum Gasteiger partial charge on any atom is 0.214 e. The molecule has 0 aromatic carbocycles. The summed E-state index contributed by atoms with van der Waals surface area (Å²) in [5.74, 6) is 0.627. The van der Waals surface area contributed by atoms with Crippen molar-refractivity contribution >= 4 is 10.0 Å². The van der Waals surface area contributed by atoms with Crippen LogP contribution >= 0.6 is 0 Å². The first kappa shape index (κ1) is 14.9. The van der Waals surface area contributed by atoms with Crippen LogP contribution in [0.2, 0.25) is 0 Å². The Morgan fingerprint density at radius 2 is 2.24 bits per heavy atom. The fourth-order valence-electron chi connectivity index (χ4n) is 2.27. The van der Waals surface area contributed by atoms with Crippen LogP contribution in [0.5, 0.6) is 0 Å². The van der Waals surface area contributed by atoms with Crippen molar-refractivity contribution in [2.75, 3.05) is 39.1 Å². The number of ether oxygens (including phenoxy) is 1. The zero-order valence-corrected chi connectivity index (χ0v) is 11.4. The fourth-order valence-corrected chi connectivity index (χ4v) is 3.85. The van der Waals surface area contributed by atoms with Crippen molar-refractivity contribution in [3.63, 3.8) is 0 Å². The predicted molar refractivity (Wildman–Crippen MR) is 68.2 cm³/mol. The summed E-state index contributed by atoms with van der Waals surface area (Å²) in [6.45, 7) is 2.45. The molecule has 1 unspecified atom stereocenters. The predicted octanol–water partition coefficient (Wildman–Crippen LogP) is 0.414. The van der Waals surface area contributed by atoms with E-state index in [2.05, 4.69) is 0 Å². The Kier molecular flexibility index (Phi) is 6.40. The summed E-state index contributed by atoms with van der Waals surface area (Å²) in [7, 11) is -1.51. The normalized spacial score (nSPS) is 22.8. The molecule has 0 amide bonds. The van der Waals surface area contributed by atoms with Gasteiger partial charge in [-0.1, -0.05) is 0 Å². The van der Waals surface area contributed by atoms with Crippen molar-refractivity contribution in [3.8, 4) is 0 Å². The molecule has 0 saturated carbocycles. The first-order chi connectivity index (χ1) is 8.10. The number of nitrogens with zero attached hydrogens (tertiary/aromatic N) is 1. The second kappa shape index (κ2) is 7.31. The molecule has 1 fully saturated rings. The standard InChI is InChI=1S/C11H24N2O3S/c1-16-8-3-9-17(14,15)13-7-2-4-11(10-13)5-6-12/h11H,2-10,12H2,1H3. The van der Waals surface area contributed by atoms with Crippen molar-refractivity contribution < 1.29 is 13.2 Å². The van der Waals surface area contributed by atoms with Crippen LogP contribution in [-0.2, 0) is 14.8 Å². The van der Waals surface area contributed by atoms with Gasteiger partial charge in [-0.05, 0) is 38.1 Å². The monoisotopic (exact) mass is 264 g/mol. The summed E-state index contributed by atoms with van der Waals surface area (Å²) in [6.07, 6.45) is 3.54. The van der Waals surface area contributed by atoms with Crippen molar-refractivity contribution in [1.82, 2.24) is 4.31 Å². The molecule has 102 valence electrons. The van der Waals surface area contributed by atoms with E-state index < -0.39 is 10.0 Å². The van der Waals surface area contributed by atoms with E-state index in [1.54, 1.807) is 11.4 Å². The van der Waals surface area contributed by atoms with Crippen LogP contribution in [0.1, 0.15) is 25.7 Å². The van der Waals surface area contributed by atoms with E-state index in [-0.39, 0.29) is 5.75 Å². The van der Waals surface area contributed by atoms with Gasteiger partial charge in [0, 0.05) is 26.8 Å². The number of nitrogens with two attached hydrogens (primary N) is 1. The maximum atomic E-state index is 12.0. The number of methoxy groups -OCH3 is 1. The molecule has 1 aliphatic rings. The van der Waals surface area contributed by atoms with Crippen LogP contribution < -0.4 is 5.73 Å². The smallest absolute Gasteiger partial charge is 0.214 e. The SMILES string of the molecule is COCCCS(=O)(=O)N1CCCC(CCN)C1. The Hall–Kier alpha value is -0.170. The van der Waals surface area contributed by atoms with Gasteiger partial charge in [0.25, 0.3) is 0 Å². The van der Waals surface area contributed by atoms with Gasteiger partial charge in [0.15, 0.2) is 0 Å². The minimum absolute atomic E-state index is 0.191. The number of rotatable bonds is 7. The molecule has 6 heteroatoms. The van der Waals surface area contributed by atoms with Crippen LogP contribution in [0, 0.1) is 5.92 Å². The first-order valence-corrected chi connectivity index (χ1v) is 7.88. The highest BCUT2D eigenvalue weighted by atomic mass is 32.2. The van der Waals surface area contributed by atoms with E-state index in [0.29, 0.717) is 38.6 Å². The topological polar surface area (TPSA) is 72.6 Å². The lowest BCUT2D eigenvalue weighted by molar-refractivity contribution is 0.198. The number of sulfonamides is 1. The Morgan fingerprint density at radius 3 is 2.88 bits per heavy atom. The molecule has 0 aromatic heterocycles. The molecule has 0 aromatic rings. The Morgan fingerprint density at radius 1 is 1.47 bits per heavy atom. The van der Waals surface area contributed by atoms with Gasteiger partial charge in [-0.3, -0.25) is 0 Å². The molecule has 0 bridgehead atoms. The van der Waals surface area contributed by atoms with Gasteiger partial charge in [-0.25, -0.2) is 12.7 Å². The lowest BCUT2D eigenvalue weighted by atomic mass is 9.96. The van der Waals surface area contributed by atoms with Crippen molar-refractivity contribution in [1.29, 1.82) is 0 Å². The molecule has 17 heavy (non-hydrogen) atoms. The molecule has 1 rings (SSSR count). The molecular formula is C11H24N2O3S. The van der Waals surface area contributed by atoms with Gasteiger partial charge in [-0.15, -0.1) is 0 Å². The molecular weight excluding hydrogens is 240 g/mol. The molecule has 1 atom stereocenters. The molecule has 2 N–H and O–H groups in total. The summed E-state index contributed by atoms with van der Waals surface area (Å²) >= 11 is 0. The van der Waals surface area contributed by atoms with Crippen LogP contribution in [-0.4, -0.2) is 51.8 Å². The zero-order chi connectivity index (χ0) is 12.7. The van der Waals surface area contributed by atoms with Crippen molar-refractivity contribution in [2.45, 2.75) is 25.7 Å². The van der Waals surface area contributed by atoms with Gasteiger partial charge in [0.2, 0.25) is 10.0 Å². The molecule has 0 spiro atoms. The molecule has 1 saturated heterocycles. The van der Waals surface area contributed by atoms with Gasteiger partial charge >= 0.3 is 0 Å². The van der Waals surface area contributed by atoms with Gasteiger partial charge in [0.1, 0.15) is 0 Å². The average Bonchev–Trinajstić information content (AvgIpc) is 2.30. The van der Waals surface area contributed by atoms with E-state index in [9.17, 15) is 8.42 Å². The fraction of sp³-hybridized carbons (Fsp3) is 1.00. The maximum absolute atomic E-state index is 12.0. The summed E-state index contributed by atoms with van der Waals surface area (Å²) in [5.41, 5.74) is 5.53. The van der Waals surface area contributed by atoms with E-state index in [1.165, 1.54) is 0 Å². The molecule has 1 heterocycles.